The molecule has 1 aromatic carbocycles. The molecule has 44 heavy (non-hydrogen) atoms. The number of benzene rings is 1. The van der Waals surface area contributed by atoms with Gasteiger partial charge in [0.2, 0.25) is 16.0 Å². The molecule has 0 bridgehead atoms. The third kappa shape index (κ3) is 5.72. The zero-order valence-corrected chi connectivity index (χ0v) is 29.2. The predicted molar refractivity (Wildman–Crippen MR) is 175 cm³/mol. The number of piperidine rings is 1. The number of carbonyl (C=O) groups is 1. The summed E-state index contributed by atoms with van der Waals surface area (Å²) in [5, 5.41) is 4.40. The molecule has 1 amide bonds. The lowest BCUT2D eigenvalue weighted by molar-refractivity contribution is 0.0832. The van der Waals surface area contributed by atoms with Gasteiger partial charge in [-0.05, 0) is 69.8 Å². The third-order valence-corrected chi connectivity index (χ3v) is 16.2. The smallest absolute Gasteiger partial charge is 0.263 e. The molecule has 3 aliphatic heterocycles. The van der Waals surface area contributed by atoms with Crippen LogP contribution < -0.4 is 14.5 Å². The van der Waals surface area contributed by atoms with Crippen LogP contribution >= 0.6 is 0 Å². The van der Waals surface area contributed by atoms with E-state index < -0.39 is 23.9 Å². The van der Waals surface area contributed by atoms with Gasteiger partial charge in [-0.15, -0.1) is 0 Å². The van der Waals surface area contributed by atoms with Crippen LogP contribution in [0.4, 0.5) is 11.4 Å². The molecule has 0 unspecified atom stereocenters. The molecule has 1 aromatic heterocycles. The Morgan fingerprint density at radius 1 is 1.16 bits per heavy atom. The van der Waals surface area contributed by atoms with Crippen molar-refractivity contribution in [2.24, 2.45) is 12.0 Å². The molecule has 0 spiro atoms. The van der Waals surface area contributed by atoms with E-state index in [1.165, 1.54) is 0 Å². The lowest BCUT2D eigenvalue weighted by Gasteiger charge is -2.44. The van der Waals surface area contributed by atoms with Crippen molar-refractivity contribution in [3.63, 3.8) is 0 Å². The number of fused-ring (bicyclic) bond motifs is 3. The quantitative estimate of drug-likeness (QED) is 0.424. The second-order valence-corrected chi connectivity index (χ2v) is 21.3. The number of carbonyl (C=O) groups excluding carboxylic acids is 1. The Morgan fingerprint density at radius 2 is 1.84 bits per heavy atom. The standard InChI is InChI=1S/C31H47N7O4SSi/c1-21-17-32-29-37(20-22-18-33-35(6)19-22)28(39)25-15-24(43(40,41)34-31(5)11-12-31)16-26(27(25)38(21)29)36-13-9-23(10-14-36)42-44(7,8)30(2,3)4/h15-16,18-19,21,23,34H,9-14,17,20H2,1-8H3/t21-/m1/s1. The van der Waals surface area contributed by atoms with Crippen LogP contribution in [-0.4, -0.2) is 80.6 Å². The summed E-state index contributed by atoms with van der Waals surface area (Å²) in [6, 6.07) is 3.35. The van der Waals surface area contributed by atoms with Crippen molar-refractivity contribution in [2.75, 3.05) is 29.4 Å². The topological polar surface area (TPSA) is 112 Å². The minimum atomic E-state index is -3.86. The molecular formula is C31H47N7O4SSi. The monoisotopic (exact) mass is 641 g/mol. The third-order valence-electron chi connectivity index (χ3n) is 10.0. The second-order valence-electron chi connectivity index (χ2n) is 14.8. The fraction of sp³-hybridized carbons (Fsp3) is 0.645. The molecule has 13 heteroatoms. The summed E-state index contributed by atoms with van der Waals surface area (Å²) in [5.41, 5.74) is 2.35. The summed E-state index contributed by atoms with van der Waals surface area (Å²) in [6.07, 6.45) is 7.07. The van der Waals surface area contributed by atoms with Crippen LogP contribution in [0.25, 0.3) is 0 Å². The number of anilines is 2. The lowest BCUT2D eigenvalue weighted by Crippen LogP contribution is -2.53. The van der Waals surface area contributed by atoms with Crippen LogP contribution in [0.1, 0.15) is 76.2 Å². The van der Waals surface area contributed by atoms with Gasteiger partial charge in [0, 0.05) is 43.5 Å². The van der Waals surface area contributed by atoms with Gasteiger partial charge in [0.15, 0.2) is 8.32 Å². The van der Waals surface area contributed by atoms with E-state index in [-0.39, 0.29) is 28.0 Å². The number of amides is 1. The maximum atomic E-state index is 14.3. The van der Waals surface area contributed by atoms with Crippen molar-refractivity contribution < 1.29 is 17.6 Å². The summed E-state index contributed by atoms with van der Waals surface area (Å²) in [7, 11) is -3.95. The number of aromatic nitrogens is 2. The van der Waals surface area contributed by atoms with E-state index >= 15 is 0 Å². The van der Waals surface area contributed by atoms with Crippen LogP contribution in [0, 0.1) is 0 Å². The highest BCUT2D eigenvalue weighted by molar-refractivity contribution is 7.89. The van der Waals surface area contributed by atoms with E-state index in [2.05, 4.69) is 60.4 Å². The summed E-state index contributed by atoms with van der Waals surface area (Å²) in [6.45, 7) is 17.6. The van der Waals surface area contributed by atoms with Crippen molar-refractivity contribution >= 4 is 41.6 Å². The number of sulfonamides is 1. The molecule has 240 valence electrons. The van der Waals surface area contributed by atoms with Crippen LogP contribution in [0.15, 0.2) is 34.4 Å². The normalized spacial score (nSPS) is 22.3. The molecule has 1 N–H and O–H groups in total. The molecule has 1 atom stereocenters. The van der Waals surface area contributed by atoms with E-state index in [1.54, 1.807) is 27.9 Å². The highest BCUT2D eigenvalue weighted by Gasteiger charge is 2.46. The van der Waals surface area contributed by atoms with Gasteiger partial charge in [0.05, 0.1) is 47.2 Å². The van der Waals surface area contributed by atoms with Crippen LogP contribution in [-0.2, 0) is 28.0 Å². The van der Waals surface area contributed by atoms with Crippen molar-refractivity contribution in [2.45, 2.75) is 108 Å². The Kier molecular flexibility index (Phi) is 7.58. The lowest BCUT2D eigenvalue weighted by atomic mass is 10.0. The van der Waals surface area contributed by atoms with Crippen molar-refractivity contribution in [3.8, 4) is 0 Å². The SMILES string of the molecule is C[C@@H]1CN=C2N(Cc3cnn(C)c3)C(=O)c3cc(S(=O)(=O)NC4(C)CC4)cc(N4CCC(O[Si](C)(C)C(C)(C)C)CC4)c3N21. The van der Waals surface area contributed by atoms with E-state index in [9.17, 15) is 13.2 Å². The molecule has 6 rings (SSSR count). The first-order valence-electron chi connectivity index (χ1n) is 15.8. The van der Waals surface area contributed by atoms with Crippen molar-refractivity contribution in [3.05, 3.63) is 35.7 Å². The van der Waals surface area contributed by atoms with Gasteiger partial charge in [-0.2, -0.15) is 5.10 Å². The van der Waals surface area contributed by atoms with E-state index in [1.807, 2.05) is 20.2 Å². The number of rotatable bonds is 8. The van der Waals surface area contributed by atoms with Crippen LogP contribution in [0.3, 0.4) is 0 Å². The highest BCUT2D eigenvalue weighted by atomic mass is 32.2. The molecule has 11 nitrogen and oxygen atoms in total. The first-order valence-corrected chi connectivity index (χ1v) is 20.2. The first-order chi connectivity index (χ1) is 20.5. The molecule has 1 saturated carbocycles. The maximum Gasteiger partial charge on any atom is 0.263 e. The first kappa shape index (κ1) is 31.2. The molecule has 1 aliphatic carbocycles. The maximum absolute atomic E-state index is 14.3. The summed E-state index contributed by atoms with van der Waals surface area (Å²) in [5.74, 6) is 0.357. The fourth-order valence-corrected chi connectivity index (χ4v) is 9.04. The number of hydrogen-bond acceptors (Lipinski definition) is 8. The Morgan fingerprint density at radius 3 is 2.43 bits per heavy atom. The van der Waals surface area contributed by atoms with Crippen LogP contribution in [0.5, 0.6) is 0 Å². The average Bonchev–Trinajstić information content (AvgIpc) is 3.30. The number of hydrogen-bond donors (Lipinski definition) is 1. The van der Waals surface area contributed by atoms with E-state index in [4.69, 9.17) is 9.42 Å². The van der Waals surface area contributed by atoms with Gasteiger partial charge in [0.25, 0.3) is 5.91 Å². The van der Waals surface area contributed by atoms with Gasteiger partial charge >= 0.3 is 0 Å². The highest BCUT2D eigenvalue weighted by Crippen LogP contribution is 2.45. The fourth-order valence-electron chi connectivity index (χ4n) is 6.11. The number of guanidine groups is 1. The van der Waals surface area contributed by atoms with Gasteiger partial charge in [-0.25, -0.2) is 13.1 Å². The van der Waals surface area contributed by atoms with Crippen molar-refractivity contribution in [1.29, 1.82) is 0 Å². The number of nitrogens with one attached hydrogen (secondary N) is 1. The molecule has 4 aliphatic rings. The zero-order valence-electron chi connectivity index (χ0n) is 27.3. The van der Waals surface area contributed by atoms with Gasteiger partial charge in [-0.3, -0.25) is 19.4 Å². The van der Waals surface area contributed by atoms with Gasteiger partial charge < -0.3 is 14.2 Å². The Balaban J connectivity index is 1.39. The summed E-state index contributed by atoms with van der Waals surface area (Å²) >= 11 is 0. The zero-order chi connectivity index (χ0) is 31.8. The number of aryl methyl sites for hydroxylation is 1. The Hall–Kier alpha value is -2.74. The summed E-state index contributed by atoms with van der Waals surface area (Å²) < 4.78 is 38.9. The largest absolute Gasteiger partial charge is 0.414 e. The average molecular weight is 642 g/mol. The predicted octanol–water partition coefficient (Wildman–Crippen LogP) is 4.46. The number of aliphatic imine (C=N–C) groups is 1. The van der Waals surface area contributed by atoms with E-state index in [0.717, 1.165) is 42.6 Å². The Labute approximate surface area is 262 Å². The minimum Gasteiger partial charge on any atom is -0.414 e. The van der Waals surface area contributed by atoms with Crippen molar-refractivity contribution in [1.82, 2.24) is 19.4 Å². The molecule has 4 heterocycles. The molecule has 1 saturated heterocycles. The second kappa shape index (κ2) is 10.7. The summed E-state index contributed by atoms with van der Waals surface area (Å²) in [4.78, 5) is 25.3. The minimum absolute atomic E-state index is 0.0115. The molecule has 0 radical (unpaired) electrons. The molecule has 2 fully saturated rings. The Bertz CT molecular complexity index is 1600. The van der Waals surface area contributed by atoms with Gasteiger partial charge in [0.1, 0.15) is 0 Å². The molecular weight excluding hydrogens is 595 g/mol. The molecule has 2 aromatic rings. The number of nitrogens with zero attached hydrogens (tertiary/aromatic N) is 6. The van der Waals surface area contributed by atoms with Crippen LogP contribution in [0.2, 0.25) is 18.1 Å². The van der Waals surface area contributed by atoms with E-state index in [0.29, 0.717) is 37.7 Å². The van der Waals surface area contributed by atoms with Gasteiger partial charge in [-0.1, -0.05) is 20.8 Å².